The van der Waals surface area contributed by atoms with E-state index >= 15 is 0 Å². The van der Waals surface area contributed by atoms with Crippen molar-refractivity contribution in [2.75, 3.05) is 19.6 Å². The predicted octanol–water partition coefficient (Wildman–Crippen LogP) is 3.51. The van der Waals surface area contributed by atoms with Crippen LogP contribution in [0.4, 0.5) is 0 Å². The molecule has 5 unspecified atom stereocenters. The molecule has 1 aliphatic carbocycles. The van der Waals surface area contributed by atoms with Gasteiger partial charge in [-0.15, -0.1) is 0 Å². The minimum atomic E-state index is 0.459. The quantitative estimate of drug-likeness (QED) is 0.844. The zero-order chi connectivity index (χ0) is 13.8. The van der Waals surface area contributed by atoms with E-state index in [1.165, 1.54) is 58.2 Å². The van der Waals surface area contributed by atoms with Gasteiger partial charge in [-0.25, -0.2) is 0 Å². The van der Waals surface area contributed by atoms with Gasteiger partial charge in [0.1, 0.15) is 0 Å². The molecule has 1 saturated heterocycles. The van der Waals surface area contributed by atoms with Crippen molar-refractivity contribution in [2.45, 2.75) is 65.3 Å². The molecule has 0 amide bonds. The van der Waals surface area contributed by atoms with Gasteiger partial charge in [-0.05, 0) is 49.4 Å². The molecule has 2 N–H and O–H groups in total. The fourth-order valence-corrected chi connectivity index (χ4v) is 4.54. The lowest BCUT2D eigenvalue weighted by Crippen LogP contribution is -2.47. The van der Waals surface area contributed by atoms with Crippen molar-refractivity contribution in [1.29, 1.82) is 0 Å². The van der Waals surface area contributed by atoms with Gasteiger partial charge < -0.3 is 10.6 Å². The highest BCUT2D eigenvalue weighted by Gasteiger charge is 2.31. The van der Waals surface area contributed by atoms with Crippen LogP contribution < -0.4 is 5.73 Å². The van der Waals surface area contributed by atoms with E-state index in [1.807, 2.05) is 0 Å². The molecule has 2 heteroatoms. The van der Waals surface area contributed by atoms with Crippen molar-refractivity contribution < 1.29 is 0 Å². The molecule has 2 aliphatic rings. The summed E-state index contributed by atoms with van der Waals surface area (Å²) in [5, 5.41) is 0. The number of hydrogen-bond acceptors (Lipinski definition) is 2. The Kier molecular flexibility index (Phi) is 5.70. The average Bonchev–Trinajstić information content (AvgIpc) is 2.32. The molecule has 19 heavy (non-hydrogen) atoms. The van der Waals surface area contributed by atoms with Crippen molar-refractivity contribution in [2.24, 2.45) is 29.4 Å². The first-order valence-corrected chi connectivity index (χ1v) is 8.56. The van der Waals surface area contributed by atoms with Gasteiger partial charge >= 0.3 is 0 Å². The normalized spacial score (nSPS) is 41.4. The lowest BCUT2D eigenvalue weighted by molar-refractivity contribution is 0.0936. The Balaban J connectivity index is 1.85. The van der Waals surface area contributed by atoms with Gasteiger partial charge in [0.25, 0.3) is 0 Å². The van der Waals surface area contributed by atoms with Gasteiger partial charge in [0.05, 0.1) is 0 Å². The van der Waals surface area contributed by atoms with Crippen LogP contribution in [0.3, 0.4) is 0 Å². The lowest BCUT2D eigenvalue weighted by Gasteiger charge is -2.41. The fourth-order valence-electron chi connectivity index (χ4n) is 4.54. The van der Waals surface area contributed by atoms with E-state index in [-0.39, 0.29) is 0 Å². The van der Waals surface area contributed by atoms with E-state index in [4.69, 9.17) is 5.73 Å². The van der Waals surface area contributed by atoms with E-state index in [0.29, 0.717) is 6.04 Å². The average molecular weight is 266 g/mol. The maximum absolute atomic E-state index is 6.40. The molecule has 0 aromatic carbocycles. The third-order valence-electron chi connectivity index (χ3n) is 5.28. The van der Waals surface area contributed by atoms with Crippen molar-refractivity contribution in [3.63, 3.8) is 0 Å². The second-order valence-corrected chi connectivity index (χ2v) is 7.56. The summed E-state index contributed by atoms with van der Waals surface area (Å²) >= 11 is 0. The minimum Gasteiger partial charge on any atom is -0.327 e. The van der Waals surface area contributed by atoms with Crippen molar-refractivity contribution >= 4 is 0 Å². The Morgan fingerprint density at radius 2 is 1.74 bits per heavy atom. The Hall–Kier alpha value is -0.0800. The van der Waals surface area contributed by atoms with Gasteiger partial charge in [-0.3, -0.25) is 0 Å². The van der Waals surface area contributed by atoms with Gasteiger partial charge in [0.15, 0.2) is 0 Å². The van der Waals surface area contributed by atoms with Crippen LogP contribution in [0.2, 0.25) is 0 Å². The summed E-state index contributed by atoms with van der Waals surface area (Å²) < 4.78 is 0. The SMILES string of the molecule is CCCC1CCC(N)C(CN2CC(C)CC(C)C2)C1. The highest BCUT2D eigenvalue weighted by Crippen LogP contribution is 2.33. The highest BCUT2D eigenvalue weighted by molar-refractivity contribution is 4.86. The Morgan fingerprint density at radius 3 is 2.37 bits per heavy atom. The largest absolute Gasteiger partial charge is 0.327 e. The Labute approximate surface area is 120 Å². The Bertz CT molecular complexity index is 256. The minimum absolute atomic E-state index is 0.459. The summed E-state index contributed by atoms with van der Waals surface area (Å²) in [6.07, 6.45) is 8.17. The monoisotopic (exact) mass is 266 g/mol. The first kappa shape index (κ1) is 15.3. The zero-order valence-electron chi connectivity index (χ0n) is 13.3. The number of rotatable bonds is 4. The molecule has 0 aromatic rings. The second-order valence-electron chi connectivity index (χ2n) is 7.56. The smallest absolute Gasteiger partial charge is 0.00795 e. The lowest BCUT2D eigenvalue weighted by atomic mass is 9.76. The molecule has 2 nitrogen and oxygen atoms in total. The van der Waals surface area contributed by atoms with Crippen LogP contribution in [0.5, 0.6) is 0 Å². The summed E-state index contributed by atoms with van der Waals surface area (Å²) in [6, 6.07) is 0.459. The predicted molar refractivity (Wildman–Crippen MR) is 83.1 cm³/mol. The summed E-state index contributed by atoms with van der Waals surface area (Å²) in [7, 11) is 0. The van der Waals surface area contributed by atoms with Crippen LogP contribution in [0.1, 0.15) is 59.3 Å². The molecule has 0 radical (unpaired) electrons. The molecule has 0 bridgehead atoms. The van der Waals surface area contributed by atoms with E-state index in [1.54, 1.807) is 0 Å². The first-order valence-electron chi connectivity index (χ1n) is 8.56. The van der Waals surface area contributed by atoms with Crippen LogP contribution >= 0.6 is 0 Å². The summed E-state index contributed by atoms with van der Waals surface area (Å²) in [6.45, 7) is 11.0. The number of likely N-dealkylation sites (tertiary alicyclic amines) is 1. The van der Waals surface area contributed by atoms with Crippen LogP contribution in [0.15, 0.2) is 0 Å². The number of nitrogens with two attached hydrogens (primary N) is 1. The third-order valence-corrected chi connectivity index (χ3v) is 5.28. The Morgan fingerprint density at radius 1 is 1.05 bits per heavy atom. The molecular formula is C17H34N2. The van der Waals surface area contributed by atoms with Crippen LogP contribution in [-0.4, -0.2) is 30.6 Å². The second kappa shape index (κ2) is 7.08. The van der Waals surface area contributed by atoms with E-state index in [9.17, 15) is 0 Å². The fraction of sp³-hybridized carbons (Fsp3) is 1.00. The first-order chi connectivity index (χ1) is 9.08. The van der Waals surface area contributed by atoms with E-state index < -0.39 is 0 Å². The number of piperidine rings is 1. The molecule has 1 heterocycles. The topological polar surface area (TPSA) is 29.3 Å². The molecule has 112 valence electrons. The molecule has 2 rings (SSSR count). The van der Waals surface area contributed by atoms with Crippen LogP contribution in [0, 0.1) is 23.7 Å². The van der Waals surface area contributed by atoms with Gasteiger partial charge in [-0.2, -0.15) is 0 Å². The highest BCUT2D eigenvalue weighted by atomic mass is 15.1. The van der Waals surface area contributed by atoms with Crippen LogP contribution in [0.25, 0.3) is 0 Å². The molecule has 0 spiro atoms. The zero-order valence-corrected chi connectivity index (χ0v) is 13.3. The van der Waals surface area contributed by atoms with Gasteiger partial charge in [-0.1, -0.05) is 33.6 Å². The standard InChI is InChI=1S/C17H34N2/c1-4-5-15-6-7-17(18)16(9-15)12-19-10-13(2)8-14(3)11-19/h13-17H,4-12,18H2,1-3H3. The van der Waals surface area contributed by atoms with Gasteiger partial charge in [0.2, 0.25) is 0 Å². The maximum Gasteiger partial charge on any atom is 0.00795 e. The van der Waals surface area contributed by atoms with Crippen molar-refractivity contribution in [3.05, 3.63) is 0 Å². The number of hydrogen-bond donors (Lipinski definition) is 1. The number of nitrogens with zero attached hydrogens (tertiary/aromatic N) is 1. The molecule has 2 fully saturated rings. The maximum atomic E-state index is 6.40. The summed E-state index contributed by atoms with van der Waals surface area (Å²) in [5.74, 6) is 3.45. The van der Waals surface area contributed by atoms with Crippen LogP contribution in [-0.2, 0) is 0 Å². The van der Waals surface area contributed by atoms with Crippen molar-refractivity contribution in [3.8, 4) is 0 Å². The molecule has 1 saturated carbocycles. The summed E-state index contributed by atoms with van der Waals surface area (Å²) in [4.78, 5) is 2.71. The van der Waals surface area contributed by atoms with Gasteiger partial charge in [0, 0.05) is 25.7 Å². The molecular weight excluding hydrogens is 232 g/mol. The third kappa shape index (κ3) is 4.46. The molecule has 0 aromatic heterocycles. The van der Waals surface area contributed by atoms with E-state index in [2.05, 4.69) is 25.7 Å². The summed E-state index contributed by atoms with van der Waals surface area (Å²) in [5.41, 5.74) is 6.40. The molecule has 5 atom stereocenters. The van der Waals surface area contributed by atoms with Crippen molar-refractivity contribution in [1.82, 2.24) is 4.90 Å². The van der Waals surface area contributed by atoms with E-state index in [0.717, 1.165) is 23.7 Å². The molecule has 1 aliphatic heterocycles.